The van der Waals surface area contributed by atoms with Crippen LogP contribution in [0.4, 0.5) is 15.8 Å². The summed E-state index contributed by atoms with van der Waals surface area (Å²) in [5.74, 6) is -0.126. The maximum Gasteiger partial charge on any atom is 0.338 e. The molecular formula is C26H34FNO5S2. The predicted octanol–water partition coefficient (Wildman–Crippen LogP) is 5.31. The number of nitrogens with zero attached hydrogens (tertiary/aromatic N) is 1. The van der Waals surface area contributed by atoms with Gasteiger partial charge in [0.15, 0.2) is 11.0 Å². The molecule has 9 heteroatoms. The lowest BCUT2D eigenvalue weighted by molar-refractivity contribution is -0.151. The summed E-state index contributed by atoms with van der Waals surface area (Å²) in [7, 11) is 1.20. The average molecular weight is 524 g/mol. The molecule has 0 bridgehead atoms. The molecule has 1 N–H and O–H groups in total. The van der Waals surface area contributed by atoms with E-state index in [1.165, 1.54) is 31.0 Å². The van der Waals surface area contributed by atoms with Gasteiger partial charge >= 0.3 is 5.97 Å². The van der Waals surface area contributed by atoms with Gasteiger partial charge in [-0.25, -0.2) is 9.18 Å². The van der Waals surface area contributed by atoms with Gasteiger partial charge < -0.3 is 24.0 Å². The van der Waals surface area contributed by atoms with Gasteiger partial charge in [0.05, 0.1) is 17.7 Å². The summed E-state index contributed by atoms with van der Waals surface area (Å²) in [6.45, 7) is 4.69. The first-order valence-corrected chi connectivity index (χ1v) is 14.3. The number of aliphatic hydroxyl groups is 1. The van der Waals surface area contributed by atoms with Crippen molar-refractivity contribution in [2.45, 2.75) is 55.4 Å². The topological polar surface area (TPSA) is 82.1 Å². The highest BCUT2D eigenvalue weighted by molar-refractivity contribution is 7.98. The Morgan fingerprint density at radius 1 is 1.31 bits per heavy atom. The van der Waals surface area contributed by atoms with E-state index < -0.39 is 23.2 Å². The Labute approximate surface area is 214 Å². The molecule has 1 aliphatic heterocycles. The van der Waals surface area contributed by atoms with E-state index in [9.17, 15) is 18.8 Å². The largest absolute Gasteiger partial charge is 0.611 e. The van der Waals surface area contributed by atoms with Crippen LogP contribution in [0.5, 0.6) is 5.75 Å². The summed E-state index contributed by atoms with van der Waals surface area (Å²) in [5, 5.41) is 9.97. The molecule has 1 heterocycles. The monoisotopic (exact) mass is 523 g/mol. The second-order valence-electron chi connectivity index (χ2n) is 8.83. The molecule has 6 nitrogen and oxygen atoms in total. The Bertz CT molecular complexity index is 1010. The van der Waals surface area contributed by atoms with Crippen LogP contribution in [0.3, 0.4) is 0 Å². The molecule has 0 saturated carbocycles. The molecule has 35 heavy (non-hydrogen) atoms. The van der Waals surface area contributed by atoms with Gasteiger partial charge in [-0.2, -0.15) is 0 Å². The Hall–Kier alpha value is -1.94. The minimum atomic E-state index is -1.42. The number of hydrogen-bond acceptors (Lipinski definition) is 7. The van der Waals surface area contributed by atoms with Crippen LogP contribution in [-0.4, -0.2) is 54.0 Å². The second-order valence-corrected chi connectivity index (χ2v) is 11.1. The number of aliphatic hydroxyl groups excluding tert-OH is 1. The highest BCUT2D eigenvalue weighted by Gasteiger charge is 2.42. The van der Waals surface area contributed by atoms with Crippen LogP contribution in [0.15, 0.2) is 46.2 Å². The average Bonchev–Trinajstić information content (AvgIpc) is 2.99. The third-order valence-electron chi connectivity index (χ3n) is 6.53. The number of fused-ring (bicyclic) bond motifs is 1. The lowest BCUT2D eigenvalue weighted by Gasteiger charge is -2.35. The van der Waals surface area contributed by atoms with Gasteiger partial charge in [-0.15, -0.1) is 11.8 Å². The molecule has 0 amide bonds. The lowest BCUT2D eigenvalue weighted by atomic mass is 9.81. The first-order valence-electron chi connectivity index (χ1n) is 11.8. The summed E-state index contributed by atoms with van der Waals surface area (Å²) in [5.41, 5.74) is 1.46. The minimum Gasteiger partial charge on any atom is -0.611 e. The van der Waals surface area contributed by atoms with Crippen LogP contribution >= 0.6 is 11.8 Å². The van der Waals surface area contributed by atoms with Crippen molar-refractivity contribution < 1.29 is 28.3 Å². The summed E-state index contributed by atoms with van der Waals surface area (Å²) in [4.78, 5) is 15.1. The van der Waals surface area contributed by atoms with Crippen LogP contribution in [-0.2, 0) is 20.7 Å². The number of carbonyl (C=O) groups is 1. The molecule has 1 aliphatic rings. The number of rotatable bonds is 10. The summed E-state index contributed by atoms with van der Waals surface area (Å²) in [6, 6.07) is 10.1. The van der Waals surface area contributed by atoms with Crippen molar-refractivity contribution >= 4 is 40.3 Å². The second kappa shape index (κ2) is 12.3. The highest BCUT2D eigenvalue weighted by atomic mass is 32.2. The Morgan fingerprint density at radius 2 is 2.03 bits per heavy atom. The predicted molar refractivity (Wildman–Crippen MR) is 139 cm³/mol. The number of halogens is 1. The first-order chi connectivity index (χ1) is 16.8. The summed E-state index contributed by atoms with van der Waals surface area (Å²) >= 11 is 0.144. The van der Waals surface area contributed by atoms with Crippen molar-refractivity contribution in [3.05, 3.63) is 42.2 Å². The molecular weight excluding hydrogens is 489 g/mol. The van der Waals surface area contributed by atoms with E-state index in [2.05, 4.69) is 23.5 Å². The fourth-order valence-electron chi connectivity index (χ4n) is 4.34. The summed E-state index contributed by atoms with van der Waals surface area (Å²) in [6.07, 6.45) is 4.38. The minimum absolute atomic E-state index is 0.171. The van der Waals surface area contributed by atoms with Crippen molar-refractivity contribution in [1.82, 2.24) is 0 Å². The Morgan fingerprint density at radius 3 is 2.63 bits per heavy atom. The first kappa shape index (κ1) is 27.6. The van der Waals surface area contributed by atoms with Crippen LogP contribution in [0.2, 0.25) is 0 Å². The normalized spacial score (nSPS) is 20.7. The van der Waals surface area contributed by atoms with Gasteiger partial charge in [-0.3, -0.25) is 0 Å². The number of thioether (sulfide) groups is 1. The smallest absolute Gasteiger partial charge is 0.338 e. The number of unbranched alkanes of at least 4 members (excludes halogenated alkanes) is 1. The zero-order chi connectivity index (χ0) is 25.6. The molecule has 0 saturated heterocycles. The van der Waals surface area contributed by atoms with E-state index in [1.807, 2.05) is 12.3 Å². The third kappa shape index (κ3) is 6.44. The van der Waals surface area contributed by atoms with Crippen molar-refractivity contribution in [2.75, 3.05) is 37.2 Å². The number of anilines is 2. The molecule has 3 unspecified atom stereocenters. The Kier molecular flexibility index (Phi) is 9.75. The Balaban J connectivity index is 2.09. The van der Waals surface area contributed by atoms with E-state index >= 15 is 0 Å². The van der Waals surface area contributed by atoms with Crippen molar-refractivity contribution in [1.29, 1.82) is 0 Å². The van der Waals surface area contributed by atoms with Crippen molar-refractivity contribution in [3.8, 4) is 5.75 Å². The standard InChI is InChI=1S/C26H34FNO5S2/c1-5-7-12-26(6-2)16-28(19-10-8-18(27)9-11-19)20-13-23(34-4)22(14-24(20)35(31)17-26)33-15-21(29)25(30)32-3/h8-11,13-14,21,29H,5-7,12,15-17H2,1-4H3. The van der Waals surface area contributed by atoms with Crippen molar-refractivity contribution in [3.63, 3.8) is 0 Å². The summed E-state index contributed by atoms with van der Waals surface area (Å²) < 4.78 is 37.9. The van der Waals surface area contributed by atoms with E-state index in [0.717, 1.165) is 42.0 Å². The molecule has 3 atom stereocenters. The number of carbonyl (C=O) groups excluding carboxylic acids is 1. The van der Waals surface area contributed by atoms with Gasteiger partial charge in [-0.05, 0) is 60.6 Å². The molecule has 0 fully saturated rings. The van der Waals surface area contributed by atoms with Gasteiger partial charge in [0.2, 0.25) is 0 Å². The number of methoxy groups -OCH3 is 1. The zero-order valence-corrected chi connectivity index (χ0v) is 22.3. The van der Waals surface area contributed by atoms with E-state index in [0.29, 0.717) is 22.9 Å². The molecule has 0 spiro atoms. The van der Waals surface area contributed by atoms with Gasteiger partial charge in [0.25, 0.3) is 0 Å². The molecule has 0 aliphatic carbocycles. The fourth-order valence-corrected chi connectivity index (χ4v) is 6.68. The quantitative estimate of drug-likeness (QED) is 0.257. The molecule has 2 aromatic rings. The van der Waals surface area contributed by atoms with Crippen LogP contribution in [0.25, 0.3) is 0 Å². The van der Waals surface area contributed by atoms with E-state index in [1.54, 1.807) is 18.2 Å². The molecule has 2 aromatic carbocycles. The van der Waals surface area contributed by atoms with Gasteiger partial charge in [0.1, 0.15) is 23.9 Å². The molecule has 192 valence electrons. The van der Waals surface area contributed by atoms with E-state index in [4.69, 9.17) is 4.74 Å². The lowest BCUT2D eigenvalue weighted by Crippen LogP contribution is -2.37. The number of esters is 1. The van der Waals surface area contributed by atoms with Gasteiger partial charge in [-0.1, -0.05) is 26.7 Å². The van der Waals surface area contributed by atoms with Crippen molar-refractivity contribution in [2.24, 2.45) is 5.41 Å². The number of benzene rings is 2. The maximum atomic E-state index is 13.8. The van der Waals surface area contributed by atoms with Crippen LogP contribution in [0, 0.1) is 11.2 Å². The maximum absolute atomic E-state index is 13.8. The van der Waals surface area contributed by atoms with Crippen LogP contribution < -0.4 is 9.64 Å². The van der Waals surface area contributed by atoms with E-state index in [-0.39, 0.29) is 17.8 Å². The van der Waals surface area contributed by atoms with Crippen LogP contribution in [0.1, 0.15) is 39.5 Å². The fraction of sp³-hybridized carbons (Fsp3) is 0.500. The zero-order valence-electron chi connectivity index (χ0n) is 20.7. The SMILES string of the molecule is CCCCC1(CC)CN(c2ccc(F)cc2)c2cc(SC)c(OCC(O)C(=O)OC)cc2[S+]([O-])C1. The molecule has 3 rings (SSSR count). The molecule has 0 aromatic heterocycles. The highest BCUT2D eigenvalue weighted by Crippen LogP contribution is 2.47. The molecule has 0 radical (unpaired) electrons. The number of hydrogen-bond donors (Lipinski definition) is 1. The van der Waals surface area contributed by atoms with Gasteiger partial charge in [0, 0.05) is 23.7 Å². The third-order valence-corrected chi connectivity index (χ3v) is 8.98. The number of ether oxygens (including phenoxy) is 2.